The van der Waals surface area contributed by atoms with Gasteiger partial charge < -0.3 is 10.0 Å². The van der Waals surface area contributed by atoms with Crippen LogP contribution in [0.1, 0.15) is 34.9 Å². The fourth-order valence-corrected chi connectivity index (χ4v) is 4.23. The molecule has 1 amide bonds. The lowest BCUT2D eigenvalue weighted by Crippen LogP contribution is -2.38. The predicted octanol–water partition coefficient (Wildman–Crippen LogP) is 4.66. The first-order valence-corrected chi connectivity index (χ1v) is 10.8. The summed E-state index contributed by atoms with van der Waals surface area (Å²) in [6.07, 6.45) is 1.75. The van der Waals surface area contributed by atoms with Crippen molar-refractivity contribution in [2.75, 3.05) is 13.1 Å². The molecule has 0 unspecified atom stereocenters. The van der Waals surface area contributed by atoms with Crippen LogP contribution in [0.4, 0.5) is 0 Å². The number of piperidine rings is 1. The number of phenolic OH excluding ortho intramolecular Hbond substituents is 1. The minimum Gasteiger partial charge on any atom is -0.508 e. The first-order valence-electron chi connectivity index (χ1n) is 10.8. The van der Waals surface area contributed by atoms with Crippen LogP contribution in [0.3, 0.4) is 0 Å². The number of rotatable bonds is 4. The summed E-state index contributed by atoms with van der Waals surface area (Å²) in [5, 5.41) is 14.1. The second-order valence-corrected chi connectivity index (χ2v) is 8.03. The van der Waals surface area contributed by atoms with Gasteiger partial charge in [-0.15, -0.1) is 5.10 Å². The van der Waals surface area contributed by atoms with E-state index in [1.54, 1.807) is 16.8 Å². The highest BCUT2D eigenvalue weighted by Crippen LogP contribution is 2.30. The summed E-state index contributed by atoms with van der Waals surface area (Å²) in [5.74, 6) is 1.39. The molecule has 0 saturated carbocycles. The number of likely N-dealkylation sites (tertiary alicyclic amines) is 1. The van der Waals surface area contributed by atoms with Gasteiger partial charge in [0.1, 0.15) is 5.75 Å². The molecule has 32 heavy (non-hydrogen) atoms. The molecule has 1 aliphatic rings. The van der Waals surface area contributed by atoms with Crippen LogP contribution in [0.15, 0.2) is 84.9 Å². The Kier molecular flexibility index (Phi) is 5.42. The van der Waals surface area contributed by atoms with Crippen LogP contribution in [-0.4, -0.2) is 43.8 Å². The Morgan fingerprint density at radius 2 is 1.47 bits per heavy atom. The molecular formula is C26H24N4O2. The van der Waals surface area contributed by atoms with E-state index in [4.69, 9.17) is 0 Å². The van der Waals surface area contributed by atoms with E-state index in [1.807, 2.05) is 77.7 Å². The predicted molar refractivity (Wildman–Crippen MR) is 123 cm³/mol. The summed E-state index contributed by atoms with van der Waals surface area (Å²) >= 11 is 0. The lowest BCUT2D eigenvalue weighted by atomic mass is 9.89. The third-order valence-electron chi connectivity index (χ3n) is 5.98. The molecule has 0 spiro atoms. The largest absolute Gasteiger partial charge is 0.508 e. The summed E-state index contributed by atoms with van der Waals surface area (Å²) in [6, 6.07) is 26.9. The number of carbonyl (C=O) groups is 1. The van der Waals surface area contributed by atoms with E-state index < -0.39 is 0 Å². The zero-order valence-electron chi connectivity index (χ0n) is 17.6. The average molecular weight is 425 g/mol. The number of hydrogen-bond donors (Lipinski definition) is 1. The highest BCUT2D eigenvalue weighted by molar-refractivity contribution is 5.91. The maximum absolute atomic E-state index is 13.3. The van der Waals surface area contributed by atoms with E-state index in [0.717, 1.165) is 24.1 Å². The fraction of sp³-hybridized carbons (Fsp3) is 0.192. The topological polar surface area (TPSA) is 71.2 Å². The molecule has 1 saturated heterocycles. The Hall–Kier alpha value is -3.93. The monoisotopic (exact) mass is 424 g/mol. The molecular weight excluding hydrogens is 400 g/mol. The van der Waals surface area contributed by atoms with Gasteiger partial charge in [-0.2, -0.15) is 0 Å². The van der Waals surface area contributed by atoms with Crippen molar-refractivity contribution < 1.29 is 9.90 Å². The van der Waals surface area contributed by atoms with Crippen molar-refractivity contribution in [2.24, 2.45) is 0 Å². The molecule has 1 aliphatic heterocycles. The number of benzene rings is 3. The van der Waals surface area contributed by atoms with Crippen LogP contribution in [0.25, 0.3) is 17.1 Å². The van der Waals surface area contributed by atoms with Crippen molar-refractivity contribution >= 4 is 5.91 Å². The SMILES string of the molecule is O=C(c1nc(-c2ccccc2)n(-c2ccccc2)n1)N1CCC(c2ccc(O)cc2)CC1. The summed E-state index contributed by atoms with van der Waals surface area (Å²) in [6.45, 7) is 1.32. The second kappa shape index (κ2) is 8.67. The summed E-state index contributed by atoms with van der Waals surface area (Å²) in [4.78, 5) is 19.8. The molecule has 1 aromatic heterocycles. The average Bonchev–Trinajstić information content (AvgIpc) is 3.31. The number of hydrogen-bond acceptors (Lipinski definition) is 4. The van der Waals surface area contributed by atoms with Crippen molar-refractivity contribution in [1.82, 2.24) is 19.7 Å². The first kappa shape index (κ1) is 20.0. The third-order valence-corrected chi connectivity index (χ3v) is 5.98. The normalized spacial score (nSPS) is 14.4. The lowest BCUT2D eigenvalue weighted by molar-refractivity contribution is 0.0700. The van der Waals surface area contributed by atoms with E-state index in [2.05, 4.69) is 10.1 Å². The summed E-state index contributed by atoms with van der Waals surface area (Å²) < 4.78 is 1.74. The van der Waals surface area contributed by atoms with Gasteiger partial charge >= 0.3 is 0 Å². The summed E-state index contributed by atoms with van der Waals surface area (Å²) in [5.41, 5.74) is 2.98. The van der Waals surface area contributed by atoms with Gasteiger partial charge in [0.2, 0.25) is 5.82 Å². The molecule has 5 rings (SSSR count). The number of para-hydroxylation sites is 1. The fourth-order valence-electron chi connectivity index (χ4n) is 4.23. The molecule has 4 aromatic rings. The van der Waals surface area contributed by atoms with Crippen LogP contribution in [-0.2, 0) is 0 Å². The zero-order valence-corrected chi connectivity index (χ0v) is 17.6. The first-order chi connectivity index (χ1) is 15.7. The number of aromatic nitrogens is 3. The molecule has 6 heteroatoms. The molecule has 1 N–H and O–H groups in total. The van der Waals surface area contributed by atoms with Crippen molar-refractivity contribution in [3.63, 3.8) is 0 Å². The van der Waals surface area contributed by atoms with Crippen LogP contribution in [0.2, 0.25) is 0 Å². The quantitative estimate of drug-likeness (QED) is 0.517. The van der Waals surface area contributed by atoms with E-state index in [1.165, 1.54) is 5.56 Å². The van der Waals surface area contributed by atoms with Crippen molar-refractivity contribution in [3.8, 4) is 22.8 Å². The van der Waals surface area contributed by atoms with Gasteiger partial charge in [0.25, 0.3) is 5.91 Å². The number of nitrogens with zero attached hydrogens (tertiary/aromatic N) is 4. The Labute approximate surface area is 186 Å². The molecule has 3 aromatic carbocycles. The van der Waals surface area contributed by atoms with Gasteiger partial charge in [0, 0.05) is 18.7 Å². The number of phenols is 1. The second-order valence-electron chi connectivity index (χ2n) is 8.03. The van der Waals surface area contributed by atoms with E-state index in [-0.39, 0.29) is 17.5 Å². The van der Waals surface area contributed by atoms with E-state index in [0.29, 0.717) is 24.8 Å². The Morgan fingerprint density at radius 3 is 2.12 bits per heavy atom. The lowest BCUT2D eigenvalue weighted by Gasteiger charge is -2.31. The van der Waals surface area contributed by atoms with Gasteiger partial charge in [-0.1, -0.05) is 60.7 Å². The number of carbonyl (C=O) groups excluding carboxylic acids is 1. The molecule has 0 bridgehead atoms. The molecule has 2 heterocycles. The minimum absolute atomic E-state index is 0.138. The van der Waals surface area contributed by atoms with Gasteiger partial charge in [0.05, 0.1) is 5.69 Å². The number of aromatic hydroxyl groups is 1. The van der Waals surface area contributed by atoms with Gasteiger partial charge in [0.15, 0.2) is 5.82 Å². The smallest absolute Gasteiger partial charge is 0.293 e. The highest BCUT2D eigenvalue weighted by Gasteiger charge is 2.28. The maximum Gasteiger partial charge on any atom is 0.293 e. The van der Waals surface area contributed by atoms with Crippen LogP contribution < -0.4 is 0 Å². The molecule has 0 radical (unpaired) electrons. The molecule has 6 nitrogen and oxygen atoms in total. The van der Waals surface area contributed by atoms with Gasteiger partial charge in [-0.3, -0.25) is 4.79 Å². The van der Waals surface area contributed by atoms with Crippen molar-refractivity contribution in [2.45, 2.75) is 18.8 Å². The third kappa shape index (κ3) is 3.99. The Bertz CT molecular complexity index is 1140. The number of amides is 1. The molecule has 0 atom stereocenters. The van der Waals surface area contributed by atoms with Crippen molar-refractivity contribution in [1.29, 1.82) is 0 Å². The van der Waals surface area contributed by atoms with Gasteiger partial charge in [-0.05, 0) is 48.6 Å². The van der Waals surface area contributed by atoms with Crippen LogP contribution in [0, 0.1) is 0 Å². The van der Waals surface area contributed by atoms with E-state index >= 15 is 0 Å². The van der Waals surface area contributed by atoms with Crippen LogP contribution in [0.5, 0.6) is 5.75 Å². The summed E-state index contributed by atoms with van der Waals surface area (Å²) in [7, 11) is 0. The highest BCUT2D eigenvalue weighted by atomic mass is 16.3. The van der Waals surface area contributed by atoms with Crippen molar-refractivity contribution in [3.05, 3.63) is 96.3 Å². The van der Waals surface area contributed by atoms with Crippen LogP contribution >= 0.6 is 0 Å². The Balaban J connectivity index is 1.38. The Morgan fingerprint density at radius 1 is 0.844 bits per heavy atom. The maximum atomic E-state index is 13.3. The minimum atomic E-state index is -0.138. The molecule has 160 valence electrons. The van der Waals surface area contributed by atoms with E-state index in [9.17, 15) is 9.90 Å². The molecule has 1 fully saturated rings. The standard InChI is InChI=1S/C26H24N4O2/c31-23-13-11-19(12-14-23)20-15-17-29(18-16-20)26(32)24-27-25(21-7-3-1-4-8-21)30(28-24)22-9-5-2-6-10-22/h1-14,20,31H,15-18H2. The molecule has 0 aliphatic carbocycles. The zero-order chi connectivity index (χ0) is 21.9. The van der Waals surface area contributed by atoms with Gasteiger partial charge in [-0.25, -0.2) is 9.67 Å².